The summed E-state index contributed by atoms with van der Waals surface area (Å²) in [4.78, 5) is 14.0. The first kappa shape index (κ1) is 18.5. The molecule has 3 N–H and O–H groups in total. The fraction of sp³-hybridized carbons (Fsp3) is 0.476. The number of aromatic hydroxyl groups is 1. The molecular formula is C21H28N6O. The molecule has 0 unspecified atom stereocenters. The molecule has 4 rings (SSSR count). The van der Waals surface area contributed by atoms with Crippen LogP contribution in [0.2, 0.25) is 0 Å². The van der Waals surface area contributed by atoms with E-state index in [0.29, 0.717) is 12.0 Å². The molecule has 3 aromatic rings. The fourth-order valence-electron chi connectivity index (χ4n) is 3.89. The number of hydrogen-bond acceptors (Lipinski definition) is 6. The minimum Gasteiger partial charge on any atom is -0.508 e. The number of nitrogens with one attached hydrogen (secondary N) is 2. The van der Waals surface area contributed by atoms with Crippen LogP contribution in [0.3, 0.4) is 0 Å². The lowest BCUT2D eigenvalue weighted by atomic mass is 9.95. The summed E-state index contributed by atoms with van der Waals surface area (Å²) in [5.41, 5.74) is 2.90. The van der Waals surface area contributed by atoms with E-state index in [0.717, 1.165) is 42.1 Å². The molecule has 1 aliphatic rings. The van der Waals surface area contributed by atoms with Gasteiger partial charge in [0, 0.05) is 19.1 Å². The average Bonchev–Trinajstić information content (AvgIpc) is 3.14. The van der Waals surface area contributed by atoms with E-state index in [1.807, 2.05) is 25.4 Å². The van der Waals surface area contributed by atoms with Crippen LogP contribution in [0, 0.1) is 0 Å². The standard InChI is InChI=1S/C21H28N6O/c1-2-22-21-25-19(23-13-12-15-8-10-17(28)11-9-15)18-20(26-21)27(14-24-18)16-6-4-3-5-7-16/h8-11,14,16,28H,2-7,12-13H2,1H3,(H2,22,23,25,26). The maximum absolute atomic E-state index is 9.42. The predicted octanol–water partition coefficient (Wildman–Crippen LogP) is 4.12. The van der Waals surface area contributed by atoms with Crippen molar-refractivity contribution >= 4 is 22.9 Å². The van der Waals surface area contributed by atoms with Gasteiger partial charge in [-0.3, -0.25) is 0 Å². The smallest absolute Gasteiger partial charge is 0.226 e. The van der Waals surface area contributed by atoms with E-state index in [2.05, 4.69) is 25.2 Å². The van der Waals surface area contributed by atoms with Crippen molar-refractivity contribution in [2.45, 2.75) is 51.5 Å². The van der Waals surface area contributed by atoms with E-state index >= 15 is 0 Å². The Bertz CT molecular complexity index is 915. The number of hydrogen-bond donors (Lipinski definition) is 3. The topological polar surface area (TPSA) is 87.9 Å². The number of phenols is 1. The van der Waals surface area contributed by atoms with Gasteiger partial charge in [0.2, 0.25) is 5.95 Å². The molecule has 2 heterocycles. The third-order valence-electron chi connectivity index (χ3n) is 5.37. The highest BCUT2D eigenvalue weighted by atomic mass is 16.3. The Morgan fingerprint density at radius 1 is 1.07 bits per heavy atom. The van der Waals surface area contributed by atoms with Crippen LogP contribution in [-0.4, -0.2) is 37.7 Å². The minimum absolute atomic E-state index is 0.290. The van der Waals surface area contributed by atoms with Crippen LogP contribution in [0.25, 0.3) is 11.2 Å². The first-order valence-electron chi connectivity index (χ1n) is 10.2. The number of rotatable bonds is 7. The zero-order chi connectivity index (χ0) is 19.3. The molecule has 0 atom stereocenters. The van der Waals surface area contributed by atoms with Crippen molar-refractivity contribution < 1.29 is 5.11 Å². The Labute approximate surface area is 165 Å². The summed E-state index contributed by atoms with van der Waals surface area (Å²) >= 11 is 0. The average molecular weight is 380 g/mol. The third-order valence-corrected chi connectivity index (χ3v) is 5.37. The molecule has 2 aromatic heterocycles. The molecule has 1 aromatic carbocycles. The molecule has 7 heteroatoms. The minimum atomic E-state index is 0.290. The maximum Gasteiger partial charge on any atom is 0.226 e. The van der Waals surface area contributed by atoms with E-state index in [4.69, 9.17) is 4.98 Å². The molecule has 1 saturated carbocycles. The van der Waals surface area contributed by atoms with Gasteiger partial charge in [0.05, 0.1) is 6.33 Å². The summed E-state index contributed by atoms with van der Waals surface area (Å²) < 4.78 is 2.24. The summed E-state index contributed by atoms with van der Waals surface area (Å²) in [5, 5.41) is 16.1. The van der Waals surface area contributed by atoms with Crippen molar-refractivity contribution in [3.05, 3.63) is 36.2 Å². The number of benzene rings is 1. The number of imidazole rings is 1. The quantitative estimate of drug-likeness (QED) is 0.571. The second-order valence-electron chi connectivity index (χ2n) is 7.39. The first-order chi connectivity index (χ1) is 13.7. The van der Waals surface area contributed by atoms with Crippen LogP contribution in [-0.2, 0) is 6.42 Å². The van der Waals surface area contributed by atoms with E-state index in [9.17, 15) is 5.11 Å². The highest BCUT2D eigenvalue weighted by Crippen LogP contribution is 2.31. The van der Waals surface area contributed by atoms with Gasteiger partial charge in [0.25, 0.3) is 0 Å². The summed E-state index contributed by atoms with van der Waals surface area (Å²) in [5.74, 6) is 1.70. The van der Waals surface area contributed by atoms with Crippen molar-refractivity contribution in [1.82, 2.24) is 19.5 Å². The zero-order valence-corrected chi connectivity index (χ0v) is 16.4. The van der Waals surface area contributed by atoms with E-state index in [1.54, 1.807) is 12.1 Å². The Morgan fingerprint density at radius 3 is 2.61 bits per heavy atom. The molecule has 0 saturated heterocycles. The van der Waals surface area contributed by atoms with Crippen LogP contribution in [0.15, 0.2) is 30.6 Å². The lowest BCUT2D eigenvalue weighted by Gasteiger charge is -2.23. The summed E-state index contributed by atoms with van der Waals surface area (Å²) in [6, 6.07) is 7.79. The summed E-state index contributed by atoms with van der Waals surface area (Å²) in [7, 11) is 0. The van der Waals surface area contributed by atoms with Gasteiger partial charge < -0.3 is 20.3 Å². The second-order valence-corrected chi connectivity index (χ2v) is 7.39. The van der Waals surface area contributed by atoms with E-state index < -0.39 is 0 Å². The number of phenolic OH excluding ortho intramolecular Hbond substituents is 1. The highest BCUT2D eigenvalue weighted by Gasteiger charge is 2.20. The van der Waals surface area contributed by atoms with Crippen LogP contribution in [0.1, 0.15) is 50.6 Å². The Balaban J connectivity index is 1.57. The van der Waals surface area contributed by atoms with Crippen molar-refractivity contribution in [1.29, 1.82) is 0 Å². The van der Waals surface area contributed by atoms with Gasteiger partial charge in [-0.25, -0.2) is 4.98 Å². The van der Waals surface area contributed by atoms with Gasteiger partial charge >= 0.3 is 0 Å². The molecule has 0 bridgehead atoms. The molecule has 0 spiro atoms. The SMILES string of the molecule is CCNc1nc(NCCc2ccc(O)cc2)c2ncn(C3CCCCC3)c2n1. The van der Waals surface area contributed by atoms with Gasteiger partial charge in [-0.15, -0.1) is 0 Å². The van der Waals surface area contributed by atoms with Crippen LogP contribution >= 0.6 is 0 Å². The fourth-order valence-corrected chi connectivity index (χ4v) is 3.89. The predicted molar refractivity (Wildman–Crippen MR) is 112 cm³/mol. The lowest BCUT2D eigenvalue weighted by molar-refractivity contribution is 0.358. The molecule has 148 valence electrons. The van der Waals surface area contributed by atoms with E-state index in [1.165, 1.54) is 32.1 Å². The zero-order valence-electron chi connectivity index (χ0n) is 16.4. The second kappa shape index (κ2) is 8.46. The van der Waals surface area contributed by atoms with Gasteiger partial charge in [0.1, 0.15) is 5.75 Å². The van der Waals surface area contributed by atoms with Crippen LogP contribution in [0.4, 0.5) is 11.8 Å². The number of anilines is 2. The highest BCUT2D eigenvalue weighted by molar-refractivity contribution is 5.84. The number of aromatic nitrogens is 4. The summed E-state index contributed by atoms with van der Waals surface area (Å²) in [6.07, 6.45) is 9.01. The largest absolute Gasteiger partial charge is 0.508 e. The van der Waals surface area contributed by atoms with Crippen molar-refractivity contribution in [2.24, 2.45) is 0 Å². The molecular weight excluding hydrogens is 352 g/mol. The molecule has 0 aliphatic heterocycles. The van der Waals surface area contributed by atoms with E-state index in [-0.39, 0.29) is 5.75 Å². The van der Waals surface area contributed by atoms with Crippen molar-refractivity contribution in [2.75, 3.05) is 23.7 Å². The number of fused-ring (bicyclic) bond motifs is 1. The molecule has 0 radical (unpaired) electrons. The van der Waals surface area contributed by atoms with Crippen molar-refractivity contribution in [3.8, 4) is 5.75 Å². The molecule has 28 heavy (non-hydrogen) atoms. The molecule has 1 aliphatic carbocycles. The Morgan fingerprint density at radius 2 is 1.86 bits per heavy atom. The van der Waals surface area contributed by atoms with Gasteiger partial charge in [-0.05, 0) is 43.9 Å². The molecule has 0 amide bonds. The van der Waals surface area contributed by atoms with Crippen LogP contribution < -0.4 is 10.6 Å². The monoisotopic (exact) mass is 380 g/mol. The van der Waals surface area contributed by atoms with Gasteiger partial charge in [-0.1, -0.05) is 31.4 Å². The first-order valence-corrected chi connectivity index (χ1v) is 10.2. The van der Waals surface area contributed by atoms with Gasteiger partial charge in [0.15, 0.2) is 17.0 Å². The van der Waals surface area contributed by atoms with Crippen LogP contribution in [0.5, 0.6) is 5.75 Å². The normalized spacial score (nSPS) is 15.0. The molecule has 7 nitrogen and oxygen atoms in total. The van der Waals surface area contributed by atoms with Crippen molar-refractivity contribution in [3.63, 3.8) is 0 Å². The van der Waals surface area contributed by atoms with Gasteiger partial charge in [-0.2, -0.15) is 9.97 Å². The Hall–Kier alpha value is -2.83. The molecule has 1 fully saturated rings. The summed E-state index contributed by atoms with van der Waals surface area (Å²) in [6.45, 7) is 3.55. The lowest BCUT2D eigenvalue weighted by Crippen LogP contribution is -2.14. The Kier molecular flexibility index (Phi) is 5.60. The third kappa shape index (κ3) is 4.03. The maximum atomic E-state index is 9.42. The number of nitrogens with zero attached hydrogens (tertiary/aromatic N) is 4.